The average molecular weight is 179 g/mol. The third kappa shape index (κ3) is 1.56. The highest BCUT2D eigenvalue weighted by molar-refractivity contribution is 5.48. The summed E-state index contributed by atoms with van der Waals surface area (Å²) in [6.45, 7) is 0. The molecule has 1 aromatic heterocycles. The number of hydrogen-bond acceptors (Lipinski definition) is 4. The quantitative estimate of drug-likeness (QED) is 0.762. The monoisotopic (exact) mass is 179 g/mol. The molecule has 0 spiro atoms. The van der Waals surface area contributed by atoms with Crippen LogP contribution in [-0.4, -0.2) is 24.1 Å². The van der Waals surface area contributed by atoms with Gasteiger partial charge < -0.3 is 10.1 Å². The highest BCUT2D eigenvalue weighted by Crippen LogP contribution is 2.39. The number of nitrogens with one attached hydrogen (secondary N) is 1. The Labute approximate surface area is 77.4 Å². The molecule has 0 atom stereocenters. The second kappa shape index (κ2) is 3.20. The van der Waals surface area contributed by atoms with Crippen molar-refractivity contribution in [1.29, 1.82) is 0 Å². The van der Waals surface area contributed by atoms with E-state index in [4.69, 9.17) is 4.74 Å². The number of ether oxygens (including phenoxy) is 1. The van der Waals surface area contributed by atoms with Crippen LogP contribution in [0, 0.1) is 0 Å². The lowest BCUT2D eigenvalue weighted by atomic mass is 10.4. The molecule has 1 aliphatic rings. The van der Waals surface area contributed by atoms with Crippen molar-refractivity contribution in [2.24, 2.45) is 0 Å². The maximum absolute atomic E-state index is 5.10. The fraction of sp³-hybridized carbons (Fsp3) is 0.556. The topological polar surface area (TPSA) is 47.0 Å². The Balaban J connectivity index is 2.31. The van der Waals surface area contributed by atoms with E-state index < -0.39 is 0 Å². The minimum absolute atomic E-state index is 0.581. The molecule has 1 saturated carbocycles. The van der Waals surface area contributed by atoms with Gasteiger partial charge in [-0.1, -0.05) is 0 Å². The highest BCUT2D eigenvalue weighted by Gasteiger charge is 2.27. The largest absolute Gasteiger partial charge is 0.491 e. The zero-order valence-corrected chi connectivity index (χ0v) is 7.87. The van der Waals surface area contributed by atoms with Crippen molar-refractivity contribution in [3.05, 3.63) is 12.0 Å². The van der Waals surface area contributed by atoms with E-state index in [1.54, 1.807) is 13.3 Å². The zero-order chi connectivity index (χ0) is 9.26. The summed E-state index contributed by atoms with van der Waals surface area (Å²) in [5.41, 5.74) is 0. The SMILES string of the molecule is CNc1nc(C2CC2)ncc1OC. The minimum Gasteiger partial charge on any atom is -0.491 e. The third-order valence-corrected chi connectivity index (χ3v) is 2.17. The van der Waals surface area contributed by atoms with Gasteiger partial charge in [0, 0.05) is 13.0 Å². The summed E-state index contributed by atoms with van der Waals surface area (Å²) in [7, 11) is 3.46. The lowest BCUT2D eigenvalue weighted by Gasteiger charge is -2.07. The molecule has 1 aromatic rings. The van der Waals surface area contributed by atoms with Gasteiger partial charge in [0.1, 0.15) is 5.82 Å². The molecule has 2 rings (SSSR count). The molecular formula is C9H13N3O. The fourth-order valence-corrected chi connectivity index (χ4v) is 1.25. The Hall–Kier alpha value is -1.32. The molecule has 0 radical (unpaired) electrons. The summed E-state index contributed by atoms with van der Waals surface area (Å²) >= 11 is 0. The van der Waals surface area contributed by atoms with Crippen molar-refractivity contribution in [2.75, 3.05) is 19.5 Å². The van der Waals surface area contributed by atoms with E-state index in [-0.39, 0.29) is 0 Å². The van der Waals surface area contributed by atoms with E-state index in [0.29, 0.717) is 11.7 Å². The number of methoxy groups -OCH3 is 1. The van der Waals surface area contributed by atoms with Crippen LogP contribution in [0.1, 0.15) is 24.6 Å². The van der Waals surface area contributed by atoms with Crippen molar-refractivity contribution >= 4 is 5.82 Å². The summed E-state index contributed by atoms with van der Waals surface area (Å²) in [6, 6.07) is 0. The van der Waals surface area contributed by atoms with Gasteiger partial charge >= 0.3 is 0 Å². The molecule has 4 nitrogen and oxygen atoms in total. The average Bonchev–Trinajstić information content (AvgIpc) is 3.00. The second-order valence-corrected chi connectivity index (χ2v) is 3.17. The summed E-state index contributed by atoms with van der Waals surface area (Å²) in [5.74, 6) is 2.99. The summed E-state index contributed by atoms with van der Waals surface area (Å²) in [5, 5.41) is 2.99. The highest BCUT2D eigenvalue weighted by atomic mass is 16.5. The van der Waals surface area contributed by atoms with Crippen LogP contribution in [0.25, 0.3) is 0 Å². The summed E-state index contributed by atoms with van der Waals surface area (Å²) in [6.07, 6.45) is 4.16. The number of hydrogen-bond donors (Lipinski definition) is 1. The molecule has 4 heteroatoms. The summed E-state index contributed by atoms with van der Waals surface area (Å²) < 4.78 is 5.10. The Morgan fingerprint density at radius 3 is 2.85 bits per heavy atom. The molecule has 1 fully saturated rings. The van der Waals surface area contributed by atoms with Crippen LogP contribution < -0.4 is 10.1 Å². The van der Waals surface area contributed by atoms with Gasteiger partial charge in [-0.15, -0.1) is 0 Å². The lowest BCUT2D eigenvalue weighted by molar-refractivity contribution is 0.412. The first-order valence-corrected chi connectivity index (χ1v) is 4.44. The smallest absolute Gasteiger partial charge is 0.179 e. The van der Waals surface area contributed by atoms with Crippen molar-refractivity contribution < 1.29 is 4.74 Å². The van der Waals surface area contributed by atoms with Crippen LogP contribution in [0.2, 0.25) is 0 Å². The molecule has 0 unspecified atom stereocenters. The predicted octanol–water partition coefficient (Wildman–Crippen LogP) is 1.40. The van der Waals surface area contributed by atoms with Gasteiger partial charge in [-0.25, -0.2) is 9.97 Å². The molecule has 70 valence electrons. The number of rotatable bonds is 3. The van der Waals surface area contributed by atoms with Crippen LogP contribution in [0.5, 0.6) is 5.75 Å². The van der Waals surface area contributed by atoms with Crippen molar-refractivity contribution in [3.8, 4) is 5.75 Å². The van der Waals surface area contributed by atoms with E-state index >= 15 is 0 Å². The normalized spacial score (nSPS) is 15.5. The van der Waals surface area contributed by atoms with Crippen molar-refractivity contribution in [3.63, 3.8) is 0 Å². The molecule has 1 aliphatic carbocycles. The molecule has 1 heterocycles. The zero-order valence-electron chi connectivity index (χ0n) is 7.87. The lowest BCUT2D eigenvalue weighted by Crippen LogP contribution is -2.01. The first-order valence-electron chi connectivity index (χ1n) is 4.44. The van der Waals surface area contributed by atoms with Crippen LogP contribution in [0.4, 0.5) is 5.82 Å². The Morgan fingerprint density at radius 1 is 1.54 bits per heavy atom. The van der Waals surface area contributed by atoms with Gasteiger partial charge in [0.25, 0.3) is 0 Å². The molecule has 0 saturated heterocycles. The number of aromatic nitrogens is 2. The number of nitrogens with zero attached hydrogens (tertiary/aromatic N) is 2. The van der Waals surface area contributed by atoms with E-state index in [9.17, 15) is 0 Å². The minimum atomic E-state index is 0.581. The van der Waals surface area contributed by atoms with E-state index in [1.165, 1.54) is 12.8 Å². The first kappa shape index (κ1) is 8.29. The molecule has 0 aliphatic heterocycles. The van der Waals surface area contributed by atoms with E-state index in [2.05, 4.69) is 15.3 Å². The molecule has 0 amide bonds. The fourth-order valence-electron chi connectivity index (χ4n) is 1.25. The van der Waals surface area contributed by atoms with Gasteiger partial charge in [-0.05, 0) is 12.8 Å². The third-order valence-electron chi connectivity index (χ3n) is 2.17. The molecule has 0 bridgehead atoms. The van der Waals surface area contributed by atoms with Crippen molar-refractivity contribution in [2.45, 2.75) is 18.8 Å². The van der Waals surface area contributed by atoms with Crippen LogP contribution in [0.3, 0.4) is 0 Å². The maximum Gasteiger partial charge on any atom is 0.179 e. The van der Waals surface area contributed by atoms with E-state index in [0.717, 1.165) is 11.6 Å². The second-order valence-electron chi connectivity index (χ2n) is 3.17. The Morgan fingerprint density at radius 2 is 2.31 bits per heavy atom. The standard InChI is InChI=1S/C9H13N3O/c1-10-9-7(13-2)5-11-8(12-9)6-3-4-6/h5-6H,3-4H2,1-2H3,(H,10,11,12). The molecule has 0 aromatic carbocycles. The van der Waals surface area contributed by atoms with Gasteiger partial charge in [0.05, 0.1) is 13.3 Å². The van der Waals surface area contributed by atoms with Gasteiger partial charge in [-0.2, -0.15) is 0 Å². The van der Waals surface area contributed by atoms with Gasteiger partial charge in [0.2, 0.25) is 0 Å². The molecular weight excluding hydrogens is 166 g/mol. The Bertz CT molecular complexity index is 310. The van der Waals surface area contributed by atoms with Crippen LogP contribution >= 0.6 is 0 Å². The number of anilines is 1. The van der Waals surface area contributed by atoms with Crippen LogP contribution in [-0.2, 0) is 0 Å². The summed E-state index contributed by atoms with van der Waals surface area (Å²) in [4.78, 5) is 8.62. The Kier molecular flexibility index (Phi) is 2.04. The van der Waals surface area contributed by atoms with Gasteiger partial charge in [0.15, 0.2) is 11.6 Å². The molecule has 13 heavy (non-hydrogen) atoms. The first-order chi connectivity index (χ1) is 6.35. The van der Waals surface area contributed by atoms with Crippen LogP contribution in [0.15, 0.2) is 6.20 Å². The maximum atomic E-state index is 5.10. The van der Waals surface area contributed by atoms with Crippen molar-refractivity contribution in [1.82, 2.24) is 9.97 Å². The van der Waals surface area contributed by atoms with E-state index in [1.807, 2.05) is 7.05 Å². The molecule has 1 N–H and O–H groups in total. The van der Waals surface area contributed by atoms with Gasteiger partial charge in [-0.3, -0.25) is 0 Å². The predicted molar refractivity (Wildman–Crippen MR) is 50.1 cm³/mol.